The van der Waals surface area contributed by atoms with Gasteiger partial charge in [-0.3, -0.25) is 9.78 Å². The lowest BCUT2D eigenvalue weighted by Crippen LogP contribution is -2.14. The molecule has 0 spiro atoms. The first kappa shape index (κ1) is 15.8. The van der Waals surface area contributed by atoms with E-state index in [1.807, 2.05) is 48.5 Å². The average Bonchev–Trinajstić information content (AvgIpc) is 2.60. The Kier molecular flexibility index (Phi) is 4.31. The van der Waals surface area contributed by atoms with Crippen LogP contribution in [-0.4, -0.2) is 10.9 Å². The number of para-hydroxylation sites is 1. The van der Waals surface area contributed by atoms with Gasteiger partial charge in [0.15, 0.2) is 0 Å². The van der Waals surface area contributed by atoms with Gasteiger partial charge in [0.2, 0.25) is 0 Å². The lowest BCUT2D eigenvalue weighted by atomic mass is 10.0. The molecule has 0 saturated carbocycles. The van der Waals surface area contributed by atoms with Gasteiger partial charge in [-0.15, -0.1) is 6.42 Å². The number of carbonyl (C=O) groups is 1. The molecule has 24 heavy (non-hydrogen) atoms. The molecule has 3 aromatic rings. The summed E-state index contributed by atoms with van der Waals surface area (Å²) in [5.74, 6) is 2.65. The van der Waals surface area contributed by atoms with Crippen molar-refractivity contribution in [3.8, 4) is 12.3 Å². The van der Waals surface area contributed by atoms with Crippen LogP contribution in [0.15, 0.2) is 54.6 Å². The number of carbonyl (C=O) groups excluding carboxylic acids is 1. The number of terminal acetylenes is 1. The van der Waals surface area contributed by atoms with Crippen LogP contribution in [0.1, 0.15) is 41.4 Å². The number of aromatic nitrogens is 1. The third kappa shape index (κ3) is 3.13. The van der Waals surface area contributed by atoms with Crippen LogP contribution in [-0.2, 0) is 0 Å². The van der Waals surface area contributed by atoms with Gasteiger partial charge in [0, 0.05) is 22.3 Å². The highest BCUT2D eigenvalue weighted by atomic mass is 16.1. The fraction of sp³-hybridized carbons (Fsp3) is 0.143. The molecular formula is C21H18N2O. The Labute approximate surface area is 141 Å². The number of benzene rings is 2. The van der Waals surface area contributed by atoms with Crippen LogP contribution < -0.4 is 5.32 Å². The van der Waals surface area contributed by atoms with Gasteiger partial charge in [-0.1, -0.05) is 44.0 Å². The fourth-order valence-corrected chi connectivity index (χ4v) is 2.56. The molecule has 0 unspecified atom stereocenters. The SMILES string of the molecule is C#Cc1cccc(NC(=O)c2cc(C(C)C)nc3ccccc23)c1. The average molecular weight is 314 g/mol. The van der Waals surface area contributed by atoms with E-state index in [-0.39, 0.29) is 11.8 Å². The summed E-state index contributed by atoms with van der Waals surface area (Å²) in [6.07, 6.45) is 5.42. The summed E-state index contributed by atoms with van der Waals surface area (Å²) in [6.45, 7) is 4.13. The molecule has 0 fully saturated rings. The predicted molar refractivity (Wildman–Crippen MR) is 98.2 cm³/mol. The normalized spacial score (nSPS) is 10.6. The molecule has 0 saturated heterocycles. The van der Waals surface area contributed by atoms with E-state index >= 15 is 0 Å². The number of anilines is 1. The minimum Gasteiger partial charge on any atom is -0.322 e. The molecule has 0 aliphatic carbocycles. The van der Waals surface area contributed by atoms with Gasteiger partial charge >= 0.3 is 0 Å². The zero-order valence-corrected chi connectivity index (χ0v) is 13.7. The molecule has 0 radical (unpaired) electrons. The molecule has 0 atom stereocenters. The number of hydrogen-bond acceptors (Lipinski definition) is 2. The van der Waals surface area contributed by atoms with E-state index in [1.54, 1.807) is 6.07 Å². The molecule has 3 heteroatoms. The molecule has 3 nitrogen and oxygen atoms in total. The second-order valence-corrected chi connectivity index (χ2v) is 5.95. The molecule has 0 bridgehead atoms. The quantitative estimate of drug-likeness (QED) is 0.718. The van der Waals surface area contributed by atoms with Crippen molar-refractivity contribution in [2.75, 3.05) is 5.32 Å². The van der Waals surface area contributed by atoms with Gasteiger partial charge in [0.25, 0.3) is 5.91 Å². The molecule has 1 N–H and O–H groups in total. The predicted octanol–water partition coefficient (Wildman–Crippen LogP) is 4.59. The van der Waals surface area contributed by atoms with Crippen LogP contribution in [0.3, 0.4) is 0 Å². The number of nitrogens with zero attached hydrogens (tertiary/aromatic N) is 1. The van der Waals surface area contributed by atoms with Gasteiger partial charge in [-0.05, 0) is 36.2 Å². The van der Waals surface area contributed by atoms with E-state index in [4.69, 9.17) is 6.42 Å². The van der Waals surface area contributed by atoms with Crippen molar-refractivity contribution in [3.05, 3.63) is 71.4 Å². The zero-order valence-electron chi connectivity index (χ0n) is 13.7. The zero-order chi connectivity index (χ0) is 17.1. The van der Waals surface area contributed by atoms with Crippen molar-refractivity contribution in [2.45, 2.75) is 19.8 Å². The van der Waals surface area contributed by atoms with Gasteiger partial charge in [0.1, 0.15) is 0 Å². The molecule has 1 heterocycles. The third-order valence-electron chi connectivity index (χ3n) is 3.86. The first-order valence-electron chi connectivity index (χ1n) is 7.86. The highest BCUT2D eigenvalue weighted by molar-refractivity contribution is 6.12. The van der Waals surface area contributed by atoms with E-state index in [0.29, 0.717) is 11.3 Å². The van der Waals surface area contributed by atoms with Crippen LogP contribution in [0, 0.1) is 12.3 Å². The number of hydrogen-bond donors (Lipinski definition) is 1. The first-order valence-corrected chi connectivity index (χ1v) is 7.86. The van der Waals surface area contributed by atoms with E-state index in [1.165, 1.54) is 0 Å². The standard InChI is InChI=1S/C21H18N2O/c1-4-15-8-7-9-16(12-15)22-21(24)18-13-20(14(2)3)23-19-11-6-5-10-17(18)19/h1,5-14H,2-3H3,(H,22,24). The van der Waals surface area contributed by atoms with Crippen LogP contribution in [0.25, 0.3) is 10.9 Å². The second kappa shape index (κ2) is 6.55. The Morgan fingerprint density at radius 3 is 2.67 bits per heavy atom. The summed E-state index contributed by atoms with van der Waals surface area (Å²) < 4.78 is 0. The van der Waals surface area contributed by atoms with Gasteiger partial charge in [0.05, 0.1) is 11.1 Å². The summed E-state index contributed by atoms with van der Waals surface area (Å²) in [5, 5.41) is 3.77. The molecule has 3 rings (SSSR count). The lowest BCUT2D eigenvalue weighted by Gasteiger charge is -2.12. The van der Waals surface area contributed by atoms with Crippen molar-refractivity contribution in [3.63, 3.8) is 0 Å². The van der Waals surface area contributed by atoms with Gasteiger partial charge in [-0.25, -0.2) is 0 Å². The van der Waals surface area contributed by atoms with Crippen molar-refractivity contribution < 1.29 is 4.79 Å². The molecule has 0 aliphatic rings. The van der Waals surface area contributed by atoms with Crippen molar-refractivity contribution in [2.24, 2.45) is 0 Å². The van der Waals surface area contributed by atoms with Crippen LogP contribution in [0.2, 0.25) is 0 Å². The van der Waals surface area contributed by atoms with E-state index in [2.05, 4.69) is 30.1 Å². The van der Waals surface area contributed by atoms with Crippen molar-refractivity contribution in [1.82, 2.24) is 4.98 Å². The lowest BCUT2D eigenvalue weighted by molar-refractivity contribution is 0.102. The first-order chi connectivity index (χ1) is 11.6. The Morgan fingerprint density at radius 2 is 1.92 bits per heavy atom. The van der Waals surface area contributed by atoms with Crippen LogP contribution >= 0.6 is 0 Å². The number of fused-ring (bicyclic) bond motifs is 1. The summed E-state index contributed by atoms with van der Waals surface area (Å²) in [4.78, 5) is 17.5. The maximum atomic E-state index is 12.8. The van der Waals surface area contributed by atoms with Gasteiger partial charge in [-0.2, -0.15) is 0 Å². The summed E-state index contributed by atoms with van der Waals surface area (Å²) in [5.41, 5.74) is 3.76. The highest BCUT2D eigenvalue weighted by Crippen LogP contribution is 2.23. The third-order valence-corrected chi connectivity index (χ3v) is 3.86. The Hall–Kier alpha value is -3.12. The van der Waals surface area contributed by atoms with E-state index < -0.39 is 0 Å². The Bertz CT molecular complexity index is 951. The topological polar surface area (TPSA) is 42.0 Å². The molecule has 1 amide bonds. The monoisotopic (exact) mass is 314 g/mol. The minimum atomic E-state index is -0.162. The molecule has 2 aromatic carbocycles. The summed E-state index contributed by atoms with van der Waals surface area (Å²) in [7, 11) is 0. The van der Waals surface area contributed by atoms with E-state index in [0.717, 1.165) is 22.2 Å². The van der Waals surface area contributed by atoms with Crippen molar-refractivity contribution in [1.29, 1.82) is 0 Å². The number of amides is 1. The number of rotatable bonds is 3. The second-order valence-electron chi connectivity index (χ2n) is 5.95. The van der Waals surface area contributed by atoms with Crippen molar-refractivity contribution >= 4 is 22.5 Å². The summed E-state index contributed by atoms with van der Waals surface area (Å²) in [6, 6.07) is 16.8. The van der Waals surface area contributed by atoms with Gasteiger partial charge < -0.3 is 5.32 Å². The smallest absolute Gasteiger partial charge is 0.256 e. The van der Waals surface area contributed by atoms with Crippen LogP contribution in [0.4, 0.5) is 5.69 Å². The molecule has 118 valence electrons. The highest BCUT2D eigenvalue weighted by Gasteiger charge is 2.14. The Morgan fingerprint density at radius 1 is 1.12 bits per heavy atom. The minimum absolute atomic E-state index is 0.162. The maximum absolute atomic E-state index is 12.8. The van der Waals surface area contributed by atoms with E-state index in [9.17, 15) is 4.79 Å². The summed E-state index contributed by atoms with van der Waals surface area (Å²) >= 11 is 0. The molecule has 1 aromatic heterocycles. The Balaban J connectivity index is 2.04. The van der Waals surface area contributed by atoms with Crippen LogP contribution in [0.5, 0.6) is 0 Å². The molecule has 0 aliphatic heterocycles. The molecular weight excluding hydrogens is 296 g/mol. The number of nitrogens with one attached hydrogen (secondary N) is 1. The largest absolute Gasteiger partial charge is 0.322 e. The fourth-order valence-electron chi connectivity index (χ4n) is 2.56. The number of pyridine rings is 1. The maximum Gasteiger partial charge on any atom is 0.256 e.